The van der Waals surface area contributed by atoms with Crippen molar-refractivity contribution >= 4 is 34.5 Å². The Bertz CT molecular complexity index is 425. The molecule has 0 aromatic carbocycles. The van der Waals surface area contributed by atoms with E-state index in [0.29, 0.717) is 4.43 Å². The molecule has 0 aromatic heterocycles. The molecule has 0 spiro atoms. The second-order valence-electron chi connectivity index (χ2n) is 5.45. The average Bonchev–Trinajstić information content (AvgIpc) is 2.79. The fraction of sp³-hybridized carbons (Fsp3) is 0.846. The number of hydrogen-bond donors (Lipinski definition) is 0. The van der Waals surface area contributed by atoms with Crippen LogP contribution in [0.3, 0.4) is 0 Å². The molecule has 0 N–H and O–H groups in total. The fourth-order valence-electron chi connectivity index (χ4n) is 2.53. The number of halogens is 1. The second-order valence-corrected chi connectivity index (χ2v) is 6.33. The number of esters is 2. The first-order valence-electron chi connectivity index (χ1n) is 6.65. The molecule has 5 atom stereocenters. The molecule has 0 unspecified atom stereocenters. The molecule has 0 saturated carbocycles. The van der Waals surface area contributed by atoms with Crippen LogP contribution in [-0.2, 0) is 33.3 Å². The van der Waals surface area contributed by atoms with Gasteiger partial charge in [0.15, 0.2) is 24.3 Å². The maximum atomic E-state index is 11.3. The largest absolute Gasteiger partial charge is 0.459 e. The zero-order valence-electron chi connectivity index (χ0n) is 12.3. The molecule has 7 nitrogen and oxygen atoms in total. The van der Waals surface area contributed by atoms with Crippen molar-refractivity contribution in [1.82, 2.24) is 0 Å². The van der Waals surface area contributed by atoms with Gasteiger partial charge in [0.25, 0.3) is 0 Å². The Kier molecular flexibility index (Phi) is 5.11. The Hall–Kier alpha value is -0.450. The minimum Gasteiger partial charge on any atom is -0.459 e. The molecule has 2 fully saturated rings. The van der Waals surface area contributed by atoms with Crippen LogP contribution >= 0.6 is 22.6 Å². The quantitative estimate of drug-likeness (QED) is 0.388. The summed E-state index contributed by atoms with van der Waals surface area (Å²) >= 11 is 2.09. The lowest BCUT2D eigenvalue weighted by Crippen LogP contribution is -2.45. The van der Waals surface area contributed by atoms with Crippen molar-refractivity contribution in [2.45, 2.75) is 64.2 Å². The maximum Gasteiger partial charge on any atom is 0.303 e. The van der Waals surface area contributed by atoms with E-state index in [1.54, 1.807) is 13.8 Å². The van der Waals surface area contributed by atoms with E-state index in [9.17, 15) is 9.59 Å². The third-order valence-electron chi connectivity index (χ3n) is 3.16. The Morgan fingerprint density at radius 1 is 1.24 bits per heavy atom. The highest BCUT2D eigenvalue weighted by Gasteiger charge is 2.58. The van der Waals surface area contributed by atoms with Gasteiger partial charge in [0.05, 0.1) is 0 Å². The summed E-state index contributed by atoms with van der Waals surface area (Å²) in [4.78, 5) is 22.5. The third kappa shape index (κ3) is 3.85. The fourth-order valence-corrected chi connectivity index (χ4v) is 3.21. The van der Waals surface area contributed by atoms with Crippen LogP contribution in [0.4, 0.5) is 0 Å². The molecular weight excluding hydrogens is 395 g/mol. The average molecular weight is 414 g/mol. The SMILES string of the molecule is CC(=O)O[C@@H]1[C@H]2OC(C)(C)O[C@H]2O[C@@H]1[C@@H](CI)OC(C)=O. The molecule has 0 aliphatic carbocycles. The summed E-state index contributed by atoms with van der Waals surface area (Å²) in [7, 11) is 0. The first kappa shape index (κ1) is 16.9. The van der Waals surface area contributed by atoms with Crippen molar-refractivity contribution in [2.75, 3.05) is 4.43 Å². The van der Waals surface area contributed by atoms with Gasteiger partial charge in [-0.15, -0.1) is 0 Å². The number of hydrogen-bond acceptors (Lipinski definition) is 7. The van der Waals surface area contributed by atoms with Crippen molar-refractivity contribution in [3.8, 4) is 0 Å². The lowest BCUT2D eigenvalue weighted by molar-refractivity contribution is -0.230. The number of alkyl halides is 1. The van der Waals surface area contributed by atoms with Crippen LogP contribution in [-0.4, -0.2) is 52.9 Å². The summed E-state index contributed by atoms with van der Waals surface area (Å²) in [6.07, 6.45) is -2.99. The summed E-state index contributed by atoms with van der Waals surface area (Å²) in [6.45, 7) is 6.16. The van der Waals surface area contributed by atoms with E-state index >= 15 is 0 Å². The van der Waals surface area contributed by atoms with E-state index in [4.69, 9.17) is 23.7 Å². The first-order valence-corrected chi connectivity index (χ1v) is 8.17. The molecule has 2 rings (SSSR count). The van der Waals surface area contributed by atoms with Crippen LogP contribution in [0.2, 0.25) is 0 Å². The van der Waals surface area contributed by atoms with E-state index < -0.39 is 48.4 Å². The molecule has 21 heavy (non-hydrogen) atoms. The van der Waals surface area contributed by atoms with Crippen LogP contribution in [0.1, 0.15) is 27.7 Å². The number of fused-ring (bicyclic) bond motifs is 1. The summed E-state index contributed by atoms with van der Waals surface area (Å²) in [5.41, 5.74) is 0. The van der Waals surface area contributed by atoms with Crippen LogP contribution in [0.5, 0.6) is 0 Å². The summed E-state index contributed by atoms with van der Waals surface area (Å²) in [5, 5.41) is 0. The molecule has 2 saturated heterocycles. The number of carbonyl (C=O) groups excluding carboxylic acids is 2. The molecule has 2 aliphatic heterocycles. The van der Waals surface area contributed by atoms with Gasteiger partial charge >= 0.3 is 11.9 Å². The normalized spacial score (nSPS) is 35.1. The van der Waals surface area contributed by atoms with Crippen molar-refractivity contribution < 1.29 is 33.3 Å². The molecule has 2 heterocycles. The molecule has 0 bridgehead atoms. The van der Waals surface area contributed by atoms with Gasteiger partial charge in [-0.3, -0.25) is 9.59 Å². The minimum atomic E-state index is -0.806. The molecule has 0 aromatic rings. The minimum absolute atomic E-state index is 0.416. The number of ether oxygens (including phenoxy) is 5. The third-order valence-corrected chi connectivity index (χ3v) is 4.03. The van der Waals surface area contributed by atoms with E-state index in [1.165, 1.54) is 13.8 Å². The summed E-state index contributed by atoms with van der Waals surface area (Å²) in [6, 6.07) is 0. The van der Waals surface area contributed by atoms with E-state index in [1.807, 2.05) is 0 Å². The topological polar surface area (TPSA) is 80.3 Å². The van der Waals surface area contributed by atoms with E-state index in [0.717, 1.165) is 0 Å². The zero-order valence-corrected chi connectivity index (χ0v) is 14.5. The summed E-state index contributed by atoms with van der Waals surface area (Å²) in [5.74, 6) is -1.67. The van der Waals surface area contributed by atoms with Crippen LogP contribution < -0.4 is 0 Å². The highest BCUT2D eigenvalue weighted by Crippen LogP contribution is 2.40. The molecule has 8 heteroatoms. The maximum absolute atomic E-state index is 11.3. The Balaban J connectivity index is 2.17. The summed E-state index contributed by atoms with van der Waals surface area (Å²) < 4.78 is 28.2. The van der Waals surface area contributed by atoms with E-state index in [-0.39, 0.29) is 0 Å². The van der Waals surface area contributed by atoms with Gasteiger partial charge in [-0.1, -0.05) is 22.6 Å². The number of carbonyl (C=O) groups is 2. The smallest absolute Gasteiger partial charge is 0.303 e. The monoisotopic (exact) mass is 414 g/mol. The predicted octanol–water partition coefficient (Wildman–Crippen LogP) is 1.16. The molecular formula is C13H19IO7. The highest BCUT2D eigenvalue weighted by molar-refractivity contribution is 14.1. The van der Waals surface area contributed by atoms with Gasteiger partial charge < -0.3 is 23.7 Å². The Morgan fingerprint density at radius 2 is 1.90 bits per heavy atom. The van der Waals surface area contributed by atoms with Gasteiger partial charge in [0, 0.05) is 18.3 Å². The van der Waals surface area contributed by atoms with Gasteiger partial charge in [0.2, 0.25) is 0 Å². The molecule has 120 valence electrons. The zero-order chi connectivity index (χ0) is 15.8. The van der Waals surface area contributed by atoms with Gasteiger partial charge in [0.1, 0.15) is 12.2 Å². The lowest BCUT2D eigenvalue weighted by Gasteiger charge is -2.29. The molecule has 2 aliphatic rings. The van der Waals surface area contributed by atoms with Gasteiger partial charge in [-0.05, 0) is 13.8 Å². The van der Waals surface area contributed by atoms with Crippen LogP contribution in [0.15, 0.2) is 0 Å². The van der Waals surface area contributed by atoms with Crippen molar-refractivity contribution in [3.05, 3.63) is 0 Å². The van der Waals surface area contributed by atoms with Crippen LogP contribution in [0.25, 0.3) is 0 Å². The van der Waals surface area contributed by atoms with Gasteiger partial charge in [-0.25, -0.2) is 0 Å². The molecule has 0 amide bonds. The highest BCUT2D eigenvalue weighted by atomic mass is 127. The van der Waals surface area contributed by atoms with Crippen LogP contribution in [0, 0.1) is 0 Å². The van der Waals surface area contributed by atoms with E-state index in [2.05, 4.69) is 22.6 Å². The van der Waals surface area contributed by atoms with Crippen molar-refractivity contribution in [1.29, 1.82) is 0 Å². The lowest BCUT2D eigenvalue weighted by atomic mass is 10.1. The first-order chi connectivity index (χ1) is 9.73. The second kappa shape index (κ2) is 6.35. The molecule has 0 radical (unpaired) electrons. The standard InChI is InChI=1S/C13H19IO7/c1-6(15)17-8(5-14)9-10(18-7(2)16)11-12(19-9)21-13(3,4)20-11/h8-12H,5H2,1-4H3/t8-,9-,10+,11-,12-/m1/s1. The van der Waals surface area contributed by atoms with Gasteiger partial charge in [-0.2, -0.15) is 0 Å². The number of rotatable bonds is 4. The van der Waals surface area contributed by atoms with Crippen molar-refractivity contribution in [3.63, 3.8) is 0 Å². The van der Waals surface area contributed by atoms with Crippen molar-refractivity contribution in [2.24, 2.45) is 0 Å². The predicted molar refractivity (Wildman–Crippen MR) is 78.7 cm³/mol. The Morgan fingerprint density at radius 3 is 2.43 bits per heavy atom. The Labute approximate surface area is 136 Å².